The summed E-state index contributed by atoms with van der Waals surface area (Å²) >= 11 is 3.48. The third-order valence-electron chi connectivity index (χ3n) is 3.01. The van der Waals surface area contributed by atoms with Crippen LogP contribution in [0.15, 0.2) is 22.7 Å². The Bertz CT molecular complexity index is 672. The lowest BCUT2D eigenvalue weighted by atomic mass is 9.89. The van der Waals surface area contributed by atoms with Crippen molar-refractivity contribution < 1.29 is 9.90 Å². The molecule has 3 nitrogen and oxygen atoms in total. The fourth-order valence-electron chi connectivity index (χ4n) is 1.98. The SMILES string of the molecule is Cc1cc(Br)c2nc(C(C)(C)C)cc(C(=O)O)c2c1. The van der Waals surface area contributed by atoms with Crippen LogP contribution in [-0.4, -0.2) is 16.1 Å². The fraction of sp³-hybridized carbons (Fsp3) is 0.333. The van der Waals surface area contributed by atoms with Crippen molar-refractivity contribution in [1.82, 2.24) is 4.98 Å². The van der Waals surface area contributed by atoms with Crippen LogP contribution in [-0.2, 0) is 5.41 Å². The fourth-order valence-corrected chi connectivity index (χ4v) is 2.65. The largest absolute Gasteiger partial charge is 0.478 e. The topological polar surface area (TPSA) is 50.2 Å². The maximum absolute atomic E-state index is 11.5. The van der Waals surface area contributed by atoms with Crippen LogP contribution in [0.1, 0.15) is 42.4 Å². The van der Waals surface area contributed by atoms with Gasteiger partial charge in [0.1, 0.15) is 0 Å². The summed E-state index contributed by atoms with van der Waals surface area (Å²) < 4.78 is 0.830. The summed E-state index contributed by atoms with van der Waals surface area (Å²) in [5.41, 5.74) is 2.60. The molecule has 0 unspecified atom stereocenters. The van der Waals surface area contributed by atoms with Crippen molar-refractivity contribution in [3.63, 3.8) is 0 Å². The number of aromatic nitrogens is 1. The number of carboxylic acids is 1. The molecule has 0 aliphatic rings. The first kappa shape index (κ1) is 14.0. The monoisotopic (exact) mass is 321 g/mol. The first-order valence-electron chi connectivity index (χ1n) is 6.05. The van der Waals surface area contributed by atoms with E-state index in [1.807, 2.05) is 39.8 Å². The highest BCUT2D eigenvalue weighted by molar-refractivity contribution is 9.10. The average molecular weight is 322 g/mol. The summed E-state index contributed by atoms with van der Waals surface area (Å²) in [6.07, 6.45) is 0. The molecule has 0 bridgehead atoms. The minimum absolute atomic E-state index is 0.192. The molecule has 0 atom stereocenters. The lowest BCUT2D eigenvalue weighted by Crippen LogP contribution is -2.15. The quantitative estimate of drug-likeness (QED) is 0.851. The smallest absolute Gasteiger partial charge is 0.336 e. The standard InChI is InChI=1S/C15H16BrNO2/c1-8-5-9-10(14(18)19)7-12(15(2,3)4)17-13(9)11(16)6-8/h5-7H,1-4H3,(H,18,19). The third-order valence-corrected chi connectivity index (χ3v) is 3.61. The van der Waals surface area contributed by atoms with Crippen molar-refractivity contribution in [2.24, 2.45) is 0 Å². The summed E-state index contributed by atoms with van der Waals surface area (Å²) in [6, 6.07) is 5.49. The van der Waals surface area contributed by atoms with Gasteiger partial charge in [0.2, 0.25) is 0 Å². The molecule has 4 heteroatoms. The van der Waals surface area contributed by atoms with E-state index in [1.54, 1.807) is 6.07 Å². The number of aromatic carboxylic acids is 1. The van der Waals surface area contributed by atoms with E-state index in [-0.39, 0.29) is 5.41 Å². The van der Waals surface area contributed by atoms with Gasteiger partial charge in [-0.05, 0) is 46.6 Å². The predicted molar refractivity (Wildman–Crippen MR) is 79.8 cm³/mol. The maximum Gasteiger partial charge on any atom is 0.336 e. The van der Waals surface area contributed by atoms with Crippen molar-refractivity contribution in [1.29, 1.82) is 0 Å². The molecule has 0 fully saturated rings. The molecule has 0 radical (unpaired) electrons. The van der Waals surface area contributed by atoms with E-state index in [2.05, 4.69) is 20.9 Å². The molecule has 1 aromatic heterocycles. The second-order valence-electron chi connectivity index (χ2n) is 5.75. The van der Waals surface area contributed by atoms with Gasteiger partial charge in [0.25, 0.3) is 0 Å². The lowest BCUT2D eigenvalue weighted by Gasteiger charge is -2.19. The van der Waals surface area contributed by atoms with Crippen LogP contribution in [0.25, 0.3) is 10.9 Å². The Labute approximate surface area is 120 Å². The van der Waals surface area contributed by atoms with Crippen LogP contribution in [0.4, 0.5) is 0 Å². The first-order chi connectivity index (χ1) is 8.70. The zero-order chi connectivity index (χ0) is 14.4. The Kier molecular flexibility index (Phi) is 3.39. The van der Waals surface area contributed by atoms with E-state index in [1.165, 1.54) is 0 Å². The van der Waals surface area contributed by atoms with Crippen LogP contribution >= 0.6 is 15.9 Å². The highest BCUT2D eigenvalue weighted by Gasteiger charge is 2.21. The summed E-state index contributed by atoms with van der Waals surface area (Å²) in [5.74, 6) is -0.921. The minimum Gasteiger partial charge on any atom is -0.478 e. The molecule has 2 rings (SSSR count). The number of rotatable bonds is 1. The number of carbonyl (C=O) groups is 1. The van der Waals surface area contributed by atoms with E-state index in [4.69, 9.17) is 0 Å². The first-order valence-corrected chi connectivity index (χ1v) is 6.84. The molecule has 2 aromatic rings. The molecule has 1 heterocycles. The number of pyridine rings is 1. The summed E-state index contributed by atoms with van der Waals surface area (Å²) in [4.78, 5) is 16.1. The summed E-state index contributed by atoms with van der Waals surface area (Å²) in [6.45, 7) is 8.01. The van der Waals surface area contributed by atoms with Crippen molar-refractivity contribution in [2.45, 2.75) is 33.1 Å². The number of fused-ring (bicyclic) bond motifs is 1. The third kappa shape index (κ3) is 2.63. The normalized spacial score (nSPS) is 11.8. The van der Waals surface area contributed by atoms with Gasteiger partial charge < -0.3 is 5.11 Å². The molecular weight excluding hydrogens is 306 g/mol. The second-order valence-corrected chi connectivity index (χ2v) is 6.61. The Morgan fingerprint density at radius 1 is 1.26 bits per heavy atom. The van der Waals surface area contributed by atoms with E-state index in [0.717, 1.165) is 15.7 Å². The number of halogens is 1. The molecule has 0 saturated heterocycles. The molecule has 0 aliphatic heterocycles. The van der Waals surface area contributed by atoms with Crippen LogP contribution in [0.3, 0.4) is 0 Å². The van der Waals surface area contributed by atoms with Crippen molar-refractivity contribution >= 4 is 32.8 Å². The van der Waals surface area contributed by atoms with Gasteiger partial charge in [-0.25, -0.2) is 4.79 Å². The number of hydrogen-bond donors (Lipinski definition) is 1. The number of hydrogen-bond acceptors (Lipinski definition) is 2. The summed E-state index contributed by atoms with van der Waals surface area (Å²) in [7, 11) is 0. The zero-order valence-corrected chi connectivity index (χ0v) is 13.0. The number of carboxylic acid groups (broad SMARTS) is 1. The molecule has 0 spiro atoms. The number of benzene rings is 1. The van der Waals surface area contributed by atoms with Crippen LogP contribution < -0.4 is 0 Å². The maximum atomic E-state index is 11.5. The van der Waals surface area contributed by atoms with E-state index < -0.39 is 5.97 Å². The Hall–Kier alpha value is -1.42. The van der Waals surface area contributed by atoms with Gasteiger partial charge in [0.05, 0.1) is 11.1 Å². The van der Waals surface area contributed by atoms with Gasteiger partial charge in [0, 0.05) is 21.0 Å². The molecule has 1 N–H and O–H groups in total. The van der Waals surface area contributed by atoms with Gasteiger partial charge >= 0.3 is 5.97 Å². The average Bonchev–Trinajstić information content (AvgIpc) is 2.25. The van der Waals surface area contributed by atoms with Gasteiger partial charge in [-0.15, -0.1) is 0 Å². The Balaban J connectivity index is 2.92. The Morgan fingerprint density at radius 3 is 2.42 bits per heavy atom. The van der Waals surface area contributed by atoms with E-state index in [0.29, 0.717) is 16.5 Å². The van der Waals surface area contributed by atoms with Gasteiger partial charge in [-0.3, -0.25) is 4.98 Å². The van der Waals surface area contributed by atoms with Gasteiger partial charge in [-0.1, -0.05) is 20.8 Å². The van der Waals surface area contributed by atoms with Gasteiger partial charge in [-0.2, -0.15) is 0 Å². The van der Waals surface area contributed by atoms with Crippen molar-refractivity contribution in [3.8, 4) is 0 Å². The minimum atomic E-state index is -0.921. The zero-order valence-electron chi connectivity index (χ0n) is 11.4. The molecular formula is C15H16BrNO2. The van der Waals surface area contributed by atoms with E-state index in [9.17, 15) is 9.90 Å². The Morgan fingerprint density at radius 2 is 1.89 bits per heavy atom. The highest BCUT2D eigenvalue weighted by Crippen LogP contribution is 2.31. The molecule has 1 aromatic carbocycles. The molecule has 0 saturated carbocycles. The molecule has 0 aliphatic carbocycles. The molecule has 19 heavy (non-hydrogen) atoms. The number of nitrogens with zero attached hydrogens (tertiary/aromatic N) is 1. The number of aryl methyl sites for hydroxylation is 1. The van der Waals surface area contributed by atoms with Crippen LogP contribution in [0.5, 0.6) is 0 Å². The van der Waals surface area contributed by atoms with Crippen LogP contribution in [0, 0.1) is 6.92 Å². The van der Waals surface area contributed by atoms with Crippen molar-refractivity contribution in [2.75, 3.05) is 0 Å². The van der Waals surface area contributed by atoms with Crippen LogP contribution in [0.2, 0.25) is 0 Å². The summed E-state index contributed by atoms with van der Waals surface area (Å²) in [5, 5.41) is 10.1. The second kappa shape index (κ2) is 4.60. The molecule has 0 amide bonds. The van der Waals surface area contributed by atoms with Crippen molar-refractivity contribution in [3.05, 3.63) is 39.5 Å². The van der Waals surface area contributed by atoms with E-state index >= 15 is 0 Å². The lowest BCUT2D eigenvalue weighted by molar-refractivity contribution is 0.0699. The highest BCUT2D eigenvalue weighted by atomic mass is 79.9. The predicted octanol–water partition coefficient (Wildman–Crippen LogP) is 4.30. The van der Waals surface area contributed by atoms with Gasteiger partial charge in [0.15, 0.2) is 0 Å². The molecule has 100 valence electrons.